The standard InChI is InChI=1S/C12H17NOS/c14-12(11-3-6-13-7-4-11)2-1-10-5-8-15-9-10/h5,8-9,11,13H,1-4,6-7H2. The zero-order valence-corrected chi connectivity index (χ0v) is 9.69. The molecule has 2 rings (SSSR count). The van der Waals surface area contributed by atoms with Crippen molar-refractivity contribution in [2.24, 2.45) is 5.92 Å². The van der Waals surface area contributed by atoms with Gasteiger partial charge in [-0.1, -0.05) is 0 Å². The Morgan fingerprint density at radius 1 is 1.47 bits per heavy atom. The number of carbonyl (C=O) groups excluding carboxylic acids is 1. The highest BCUT2D eigenvalue weighted by Gasteiger charge is 2.20. The van der Waals surface area contributed by atoms with Crippen LogP contribution in [0.1, 0.15) is 24.8 Å². The Hall–Kier alpha value is -0.670. The molecule has 0 aliphatic carbocycles. The molecule has 3 heteroatoms. The molecule has 0 amide bonds. The Morgan fingerprint density at radius 3 is 2.93 bits per heavy atom. The largest absolute Gasteiger partial charge is 0.317 e. The minimum atomic E-state index is 0.324. The molecule has 1 N–H and O–H groups in total. The highest BCUT2D eigenvalue weighted by Crippen LogP contribution is 2.17. The summed E-state index contributed by atoms with van der Waals surface area (Å²) in [5, 5.41) is 7.50. The smallest absolute Gasteiger partial charge is 0.136 e. The number of hydrogen-bond donors (Lipinski definition) is 1. The number of aryl methyl sites for hydroxylation is 1. The molecule has 1 aromatic rings. The van der Waals surface area contributed by atoms with Crippen molar-refractivity contribution in [3.63, 3.8) is 0 Å². The van der Waals surface area contributed by atoms with Crippen molar-refractivity contribution in [1.29, 1.82) is 0 Å². The summed E-state index contributed by atoms with van der Waals surface area (Å²) in [6, 6.07) is 2.11. The monoisotopic (exact) mass is 223 g/mol. The van der Waals surface area contributed by atoms with Gasteiger partial charge >= 0.3 is 0 Å². The molecular weight excluding hydrogens is 206 g/mol. The molecule has 1 aliphatic rings. The highest BCUT2D eigenvalue weighted by molar-refractivity contribution is 7.07. The van der Waals surface area contributed by atoms with Crippen molar-refractivity contribution in [2.75, 3.05) is 13.1 Å². The summed E-state index contributed by atoms with van der Waals surface area (Å²) < 4.78 is 0. The second-order valence-corrected chi connectivity index (χ2v) is 4.90. The molecule has 15 heavy (non-hydrogen) atoms. The molecule has 2 nitrogen and oxygen atoms in total. The number of rotatable bonds is 4. The Kier molecular flexibility index (Phi) is 3.92. The maximum absolute atomic E-state index is 11.9. The van der Waals surface area contributed by atoms with Crippen LogP contribution in [-0.4, -0.2) is 18.9 Å². The van der Waals surface area contributed by atoms with Crippen molar-refractivity contribution < 1.29 is 4.79 Å². The van der Waals surface area contributed by atoms with Gasteiger partial charge < -0.3 is 5.32 Å². The first kappa shape index (κ1) is 10.8. The van der Waals surface area contributed by atoms with Crippen LogP contribution >= 0.6 is 11.3 Å². The number of thiophene rings is 1. The van der Waals surface area contributed by atoms with Gasteiger partial charge in [-0.3, -0.25) is 4.79 Å². The van der Waals surface area contributed by atoms with Crippen molar-refractivity contribution in [1.82, 2.24) is 5.32 Å². The van der Waals surface area contributed by atoms with Gasteiger partial charge in [0.25, 0.3) is 0 Å². The summed E-state index contributed by atoms with van der Waals surface area (Å²) in [4.78, 5) is 11.9. The van der Waals surface area contributed by atoms with E-state index in [1.165, 1.54) is 5.56 Å². The van der Waals surface area contributed by atoms with Gasteiger partial charge in [0.1, 0.15) is 5.78 Å². The zero-order valence-electron chi connectivity index (χ0n) is 8.87. The van der Waals surface area contributed by atoms with Gasteiger partial charge in [0.2, 0.25) is 0 Å². The van der Waals surface area contributed by atoms with Crippen molar-refractivity contribution in [2.45, 2.75) is 25.7 Å². The van der Waals surface area contributed by atoms with Gasteiger partial charge in [-0.05, 0) is 54.7 Å². The molecule has 0 bridgehead atoms. The van der Waals surface area contributed by atoms with Crippen molar-refractivity contribution in [3.8, 4) is 0 Å². The molecule has 0 unspecified atom stereocenters. The molecule has 1 saturated heterocycles. The van der Waals surface area contributed by atoms with E-state index in [1.54, 1.807) is 11.3 Å². The maximum Gasteiger partial charge on any atom is 0.136 e. The van der Waals surface area contributed by atoms with E-state index < -0.39 is 0 Å². The number of nitrogens with one attached hydrogen (secondary N) is 1. The minimum absolute atomic E-state index is 0.324. The summed E-state index contributed by atoms with van der Waals surface area (Å²) in [6.45, 7) is 2.02. The van der Waals surface area contributed by atoms with Gasteiger partial charge in [0.15, 0.2) is 0 Å². The molecule has 1 aromatic heterocycles. The van der Waals surface area contributed by atoms with E-state index in [0.717, 1.165) is 38.8 Å². The van der Waals surface area contributed by atoms with E-state index in [9.17, 15) is 4.79 Å². The van der Waals surface area contributed by atoms with Crippen LogP contribution in [0.5, 0.6) is 0 Å². The van der Waals surface area contributed by atoms with E-state index in [-0.39, 0.29) is 0 Å². The van der Waals surface area contributed by atoms with Crippen LogP contribution in [0.4, 0.5) is 0 Å². The highest BCUT2D eigenvalue weighted by atomic mass is 32.1. The van der Waals surface area contributed by atoms with Gasteiger partial charge in [-0.2, -0.15) is 11.3 Å². The number of piperidine rings is 1. The SMILES string of the molecule is O=C(CCc1ccsc1)C1CCNCC1. The summed E-state index contributed by atoms with van der Waals surface area (Å²) in [7, 11) is 0. The maximum atomic E-state index is 11.9. The zero-order chi connectivity index (χ0) is 10.5. The summed E-state index contributed by atoms with van der Waals surface area (Å²) in [6.07, 6.45) is 3.71. The predicted octanol–water partition coefficient (Wildman–Crippen LogP) is 2.25. The quantitative estimate of drug-likeness (QED) is 0.848. The average molecular weight is 223 g/mol. The topological polar surface area (TPSA) is 29.1 Å². The average Bonchev–Trinajstić information content (AvgIpc) is 2.80. The van der Waals surface area contributed by atoms with Gasteiger partial charge in [0.05, 0.1) is 0 Å². The molecule has 1 aliphatic heterocycles. The fraction of sp³-hybridized carbons (Fsp3) is 0.583. The Bertz CT molecular complexity index is 301. The van der Waals surface area contributed by atoms with Crippen LogP contribution in [0.2, 0.25) is 0 Å². The fourth-order valence-electron chi connectivity index (χ4n) is 2.05. The molecule has 0 spiro atoms. The first-order chi connectivity index (χ1) is 7.36. The lowest BCUT2D eigenvalue weighted by Crippen LogP contribution is -2.31. The molecule has 2 heterocycles. The molecular formula is C12H17NOS. The normalized spacial score (nSPS) is 17.9. The first-order valence-corrected chi connectivity index (χ1v) is 6.55. The number of carbonyl (C=O) groups is 1. The first-order valence-electron chi connectivity index (χ1n) is 5.61. The van der Waals surface area contributed by atoms with Gasteiger partial charge in [0, 0.05) is 12.3 Å². The third-order valence-corrected chi connectivity index (χ3v) is 3.77. The van der Waals surface area contributed by atoms with E-state index in [1.807, 2.05) is 0 Å². The lowest BCUT2D eigenvalue weighted by Gasteiger charge is -2.21. The van der Waals surface area contributed by atoms with Crippen molar-refractivity contribution >= 4 is 17.1 Å². The molecule has 0 atom stereocenters. The molecule has 0 aromatic carbocycles. The third kappa shape index (κ3) is 3.14. The molecule has 0 radical (unpaired) electrons. The lowest BCUT2D eigenvalue weighted by molar-refractivity contribution is -0.123. The molecule has 1 fully saturated rings. The summed E-state index contributed by atoms with van der Waals surface area (Å²) in [5.41, 5.74) is 1.31. The summed E-state index contributed by atoms with van der Waals surface area (Å²) >= 11 is 1.71. The van der Waals surface area contributed by atoms with E-state index >= 15 is 0 Å². The predicted molar refractivity (Wildman–Crippen MR) is 63.2 cm³/mol. The Balaban J connectivity index is 1.76. The van der Waals surface area contributed by atoms with Crippen molar-refractivity contribution in [3.05, 3.63) is 22.4 Å². The minimum Gasteiger partial charge on any atom is -0.317 e. The second kappa shape index (κ2) is 5.42. The number of hydrogen-bond acceptors (Lipinski definition) is 3. The van der Waals surface area contributed by atoms with Crippen LogP contribution in [0.3, 0.4) is 0 Å². The lowest BCUT2D eigenvalue weighted by atomic mass is 9.90. The second-order valence-electron chi connectivity index (χ2n) is 4.12. The fourth-order valence-corrected chi connectivity index (χ4v) is 2.75. The van der Waals surface area contributed by atoms with Crippen LogP contribution in [-0.2, 0) is 11.2 Å². The molecule has 0 saturated carbocycles. The van der Waals surface area contributed by atoms with E-state index in [4.69, 9.17) is 0 Å². The van der Waals surface area contributed by atoms with Crippen LogP contribution in [0.15, 0.2) is 16.8 Å². The van der Waals surface area contributed by atoms with Gasteiger partial charge in [-0.15, -0.1) is 0 Å². The van der Waals surface area contributed by atoms with E-state index in [0.29, 0.717) is 11.7 Å². The Morgan fingerprint density at radius 2 is 2.27 bits per heavy atom. The molecule has 82 valence electrons. The number of Topliss-reactive ketones (excluding diaryl/α,β-unsaturated/α-hetero) is 1. The van der Waals surface area contributed by atoms with Crippen LogP contribution in [0, 0.1) is 5.92 Å². The van der Waals surface area contributed by atoms with Crippen LogP contribution in [0.25, 0.3) is 0 Å². The van der Waals surface area contributed by atoms with E-state index in [2.05, 4.69) is 22.1 Å². The van der Waals surface area contributed by atoms with Crippen LogP contribution < -0.4 is 5.32 Å². The Labute approximate surface area is 94.7 Å². The number of ketones is 1. The third-order valence-electron chi connectivity index (χ3n) is 3.03. The van der Waals surface area contributed by atoms with Gasteiger partial charge in [-0.25, -0.2) is 0 Å². The summed E-state index contributed by atoms with van der Waals surface area (Å²) in [5.74, 6) is 0.785.